The van der Waals surface area contributed by atoms with E-state index in [1.165, 1.54) is 31.3 Å². The zero-order chi connectivity index (χ0) is 12.1. The third kappa shape index (κ3) is 2.98. The highest BCUT2D eigenvalue weighted by molar-refractivity contribution is 5.31. The molecule has 0 radical (unpaired) electrons. The van der Waals surface area contributed by atoms with Crippen LogP contribution >= 0.6 is 0 Å². The van der Waals surface area contributed by atoms with Crippen LogP contribution in [0.1, 0.15) is 51.0 Å². The highest BCUT2D eigenvalue weighted by Crippen LogP contribution is 2.33. The number of hydrogen-bond acceptors (Lipinski definition) is 1. The van der Waals surface area contributed by atoms with E-state index < -0.39 is 5.60 Å². The van der Waals surface area contributed by atoms with Gasteiger partial charge in [0.2, 0.25) is 0 Å². The molecule has 92 valence electrons. The Balaban J connectivity index is 2.24. The Morgan fingerprint density at radius 3 is 2.47 bits per heavy atom. The summed E-state index contributed by atoms with van der Waals surface area (Å²) in [5.41, 5.74) is 1.41. The van der Waals surface area contributed by atoms with E-state index >= 15 is 0 Å². The minimum absolute atomic E-state index is 0.793. The van der Waals surface area contributed by atoms with Crippen molar-refractivity contribution in [1.29, 1.82) is 0 Å². The summed E-state index contributed by atoms with van der Waals surface area (Å²) in [6.45, 7) is 1.93. The van der Waals surface area contributed by atoms with Gasteiger partial charge in [0, 0.05) is 0 Å². The molecule has 0 heterocycles. The molecule has 1 unspecified atom stereocenters. The predicted octanol–water partition coefficient (Wildman–Crippen LogP) is 4.17. The van der Waals surface area contributed by atoms with Crippen LogP contribution in [0.3, 0.4) is 0 Å². The van der Waals surface area contributed by atoms with Crippen molar-refractivity contribution >= 4 is 0 Å². The molecular weight excluding hydrogens is 208 g/mol. The van der Waals surface area contributed by atoms with Gasteiger partial charge in [-0.3, -0.25) is 0 Å². The lowest BCUT2D eigenvalue weighted by atomic mass is 9.83. The molecule has 0 saturated carbocycles. The SMILES string of the molecule is CC(O)(/C1=C/CCCCCC1)c1ccccc1. The van der Waals surface area contributed by atoms with Crippen LogP contribution < -0.4 is 0 Å². The Bertz CT molecular complexity index is 376. The van der Waals surface area contributed by atoms with E-state index in [4.69, 9.17) is 0 Å². The normalized spacial score (nSPS) is 24.0. The summed E-state index contributed by atoms with van der Waals surface area (Å²) in [6, 6.07) is 10.0. The Labute approximate surface area is 104 Å². The molecule has 2 rings (SSSR count). The second kappa shape index (κ2) is 5.50. The van der Waals surface area contributed by atoms with E-state index in [2.05, 4.69) is 6.08 Å². The van der Waals surface area contributed by atoms with E-state index in [1.54, 1.807) is 0 Å². The summed E-state index contributed by atoms with van der Waals surface area (Å²) in [6.07, 6.45) is 9.48. The fraction of sp³-hybridized carbons (Fsp3) is 0.500. The Hall–Kier alpha value is -1.08. The van der Waals surface area contributed by atoms with Crippen molar-refractivity contribution in [2.75, 3.05) is 0 Å². The smallest absolute Gasteiger partial charge is 0.108 e. The number of hydrogen-bond donors (Lipinski definition) is 1. The molecule has 1 atom stereocenters. The summed E-state index contributed by atoms with van der Waals surface area (Å²) >= 11 is 0. The average Bonchev–Trinajstić information content (AvgIpc) is 2.29. The van der Waals surface area contributed by atoms with Crippen LogP contribution in [0.15, 0.2) is 42.0 Å². The monoisotopic (exact) mass is 230 g/mol. The molecule has 0 spiro atoms. The highest BCUT2D eigenvalue weighted by Gasteiger charge is 2.27. The van der Waals surface area contributed by atoms with Crippen LogP contribution in [0, 0.1) is 0 Å². The molecule has 0 bridgehead atoms. The quantitative estimate of drug-likeness (QED) is 0.756. The summed E-state index contributed by atoms with van der Waals surface area (Å²) < 4.78 is 0. The van der Waals surface area contributed by atoms with Gasteiger partial charge in [0.25, 0.3) is 0 Å². The van der Waals surface area contributed by atoms with Crippen molar-refractivity contribution in [3.8, 4) is 0 Å². The molecule has 0 aromatic heterocycles. The van der Waals surface area contributed by atoms with Crippen LogP contribution in [0.4, 0.5) is 0 Å². The Kier molecular flexibility index (Phi) is 4.01. The van der Waals surface area contributed by atoms with Gasteiger partial charge in [-0.15, -0.1) is 0 Å². The molecule has 0 aliphatic heterocycles. The number of benzene rings is 1. The highest BCUT2D eigenvalue weighted by atomic mass is 16.3. The standard InChI is InChI=1S/C16H22O/c1-16(17,15-12-8-5-9-13-15)14-10-6-3-2-4-7-11-14/h5,8-10,12-13,17H,2-4,6-7,11H2,1H3/b14-10+. The third-order valence-electron chi connectivity index (χ3n) is 3.75. The van der Waals surface area contributed by atoms with Gasteiger partial charge in [-0.05, 0) is 43.7 Å². The lowest BCUT2D eigenvalue weighted by Crippen LogP contribution is -2.24. The zero-order valence-corrected chi connectivity index (χ0v) is 10.7. The molecule has 0 amide bonds. The fourth-order valence-electron chi connectivity index (χ4n) is 2.58. The minimum Gasteiger partial charge on any atom is -0.381 e. The molecule has 0 saturated heterocycles. The first-order chi connectivity index (χ1) is 8.21. The first-order valence-corrected chi connectivity index (χ1v) is 6.68. The summed E-state index contributed by atoms with van der Waals surface area (Å²) in [4.78, 5) is 0. The molecule has 1 aliphatic rings. The van der Waals surface area contributed by atoms with Gasteiger partial charge in [-0.25, -0.2) is 0 Å². The molecule has 1 heteroatoms. The van der Waals surface area contributed by atoms with Crippen LogP contribution in [-0.2, 0) is 5.60 Å². The van der Waals surface area contributed by atoms with Crippen LogP contribution in [0.2, 0.25) is 0 Å². The van der Waals surface area contributed by atoms with E-state index in [9.17, 15) is 5.11 Å². The number of aliphatic hydroxyl groups is 1. The molecule has 1 N–H and O–H groups in total. The van der Waals surface area contributed by atoms with Gasteiger partial charge in [0.1, 0.15) is 5.60 Å². The number of allylic oxidation sites excluding steroid dienone is 1. The summed E-state index contributed by atoms with van der Waals surface area (Å²) in [7, 11) is 0. The van der Waals surface area contributed by atoms with E-state index in [-0.39, 0.29) is 0 Å². The molecule has 0 fully saturated rings. The summed E-state index contributed by atoms with van der Waals surface area (Å²) in [5, 5.41) is 10.8. The maximum atomic E-state index is 10.8. The first-order valence-electron chi connectivity index (χ1n) is 6.68. The summed E-state index contributed by atoms with van der Waals surface area (Å²) in [5.74, 6) is 0. The molecule has 1 aliphatic carbocycles. The van der Waals surface area contributed by atoms with Crippen LogP contribution in [0.5, 0.6) is 0 Å². The van der Waals surface area contributed by atoms with Crippen molar-refractivity contribution < 1.29 is 5.11 Å². The van der Waals surface area contributed by atoms with Crippen molar-refractivity contribution in [2.45, 2.75) is 51.0 Å². The molecule has 17 heavy (non-hydrogen) atoms. The molecular formula is C16H22O. The third-order valence-corrected chi connectivity index (χ3v) is 3.75. The minimum atomic E-state index is -0.793. The van der Waals surface area contributed by atoms with E-state index in [0.717, 1.165) is 18.4 Å². The second-order valence-electron chi connectivity index (χ2n) is 5.12. The number of rotatable bonds is 2. The largest absolute Gasteiger partial charge is 0.381 e. The van der Waals surface area contributed by atoms with Gasteiger partial charge in [0.05, 0.1) is 0 Å². The van der Waals surface area contributed by atoms with Crippen LogP contribution in [-0.4, -0.2) is 5.11 Å². The van der Waals surface area contributed by atoms with Gasteiger partial charge >= 0.3 is 0 Å². The lowest BCUT2D eigenvalue weighted by molar-refractivity contribution is 0.0922. The molecule has 1 aromatic rings. The van der Waals surface area contributed by atoms with E-state index in [0.29, 0.717) is 0 Å². The molecule has 1 nitrogen and oxygen atoms in total. The van der Waals surface area contributed by atoms with Crippen LogP contribution in [0.25, 0.3) is 0 Å². The lowest BCUT2D eigenvalue weighted by Gasteiger charge is -2.28. The van der Waals surface area contributed by atoms with Crippen molar-refractivity contribution in [3.63, 3.8) is 0 Å². The van der Waals surface area contributed by atoms with E-state index in [1.807, 2.05) is 37.3 Å². The van der Waals surface area contributed by atoms with Gasteiger partial charge in [0.15, 0.2) is 0 Å². The zero-order valence-electron chi connectivity index (χ0n) is 10.7. The average molecular weight is 230 g/mol. The van der Waals surface area contributed by atoms with Crippen molar-refractivity contribution in [1.82, 2.24) is 0 Å². The Morgan fingerprint density at radius 1 is 1.00 bits per heavy atom. The maximum Gasteiger partial charge on any atom is 0.108 e. The predicted molar refractivity (Wildman–Crippen MR) is 71.8 cm³/mol. The first kappa shape index (κ1) is 12.4. The van der Waals surface area contributed by atoms with Crippen molar-refractivity contribution in [3.05, 3.63) is 47.5 Å². The second-order valence-corrected chi connectivity index (χ2v) is 5.12. The topological polar surface area (TPSA) is 20.2 Å². The maximum absolute atomic E-state index is 10.8. The Morgan fingerprint density at radius 2 is 1.71 bits per heavy atom. The van der Waals surface area contributed by atoms with Crippen molar-refractivity contribution in [2.24, 2.45) is 0 Å². The fourth-order valence-corrected chi connectivity index (χ4v) is 2.58. The van der Waals surface area contributed by atoms with Gasteiger partial charge in [-0.2, -0.15) is 0 Å². The molecule has 1 aromatic carbocycles. The van der Waals surface area contributed by atoms with Gasteiger partial charge < -0.3 is 5.11 Å². The van der Waals surface area contributed by atoms with Gasteiger partial charge in [-0.1, -0.05) is 49.2 Å².